The van der Waals surface area contributed by atoms with Crippen molar-refractivity contribution in [1.82, 2.24) is 20.6 Å². The van der Waals surface area contributed by atoms with E-state index in [1.165, 1.54) is 25.4 Å². The molecule has 10 heteroatoms. The van der Waals surface area contributed by atoms with Gasteiger partial charge in [-0.25, -0.2) is 9.78 Å². The van der Waals surface area contributed by atoms with E-state index >= 15 is 0 Å². The van der Waals surface area contributed by atoms with Crippen molar-refractivity contribution in [2.24, 2.45) is 0 Å². The van der Waals surface area contributed by atoms with Crippen molar-refractivity contribution in [1.29, 1.82) is 0 Å². The van der Waals surface area contributed by atoms with Gasteiger partial charge in [0.25, 0.3) is 5.91 Å². The Kier molecular flexibility index (Phi) is 7.05. The van der Waals surface area contributed by atoms with Gasteiger partial charge in [0.2, 0.25) is 0 Å². The molecule has 154 valence electrons. The molecule has 0 radical (unpaired) electrons. The predicted molar refractivity (Wildman–Crippen MR) is 114 cm³/mol. The highest BCUT2D eigenvalue weighted by molar-refractivity contribution is 6.32. The van der Waals surface area contributed by atoms with Gasteiger partial charge in [-0.2, -0.15) is 0 Å². The normalized spacial score (nSPS) is 10.2. The van der Waals surface area contributed by atoms with Crippen molar-refractivity contribution in [3.8, 4) is 11.5 Å². The summed E-state index contributed by atoms with van der Waals surface area (Å²) < 4.78 is 5.75. The predicted octanol–water partition coefficient (Wildman–Crippen LogP) is 4.26. The van der Waals surface area contributed by atoms with E-state index in [-0.39, 0.29) is 21.9 Å². The molecule has 1 aromatic carbocycles. The smallest absolute Gasteiger partial charge is 0.319 e. The number of ether oxygens (including phenoxy) is 1. The van der Waals surface area contributed by atoms with Crippen LogP contribution in [0, 0.1) is 0 Å². The van der Waals surface area contributed by atoms with Crippen LogP contribution in [0.25, 0.3) is 0 Å². The number of hydrogen-bond donors (Lipinski definition) is 3. The molecule has 0 saturated heterocycles. The minimum Gasteiger partial charge on any atom is -0.457 e. The molecule has 30 heavy (non-hydrogen) atoms. The number of hydrogen-bond acceptors (Lipinski definition) is 5. The summed E-state index contributed by atoms with van der Waals surface area (Å²) in [6.07, 6.45) is 1.50. The molecule has 2 heterocycles. The number of nitrogens with zero attached hydrogens (tertiary/aromatic N) is 2. The van der Waals surface area contributed by atoms with Gasteiger partial charge in [0.05, 0.1) is 0 Å². The average Bonchev–Trinajstić information content (AvgIpc) is 2.72. The lowest BCUT2D eigenvalue weighted by Gasteiger charge is -2.10. The zero-order valence-corrected chi connectivity index (χ0v) is 17.3. The zero-order valence-electron chi connectivity index (χ0n) is 15.8. The quantitative estimate of drug-likeness (QED) is 0.491. The zero-order chi connectivity index (χ0) is 21.5. The van der Waals surface area contributed by atoms with E-state index in [0.717, 1.165) is 5.56 Å². The number of carbonyl (C=O) groups excluding carboxylic acids is 2. The van der Waals surface area contributed by atoms with Gasteiger partial charge in [-0.3, -0.25) is 9.78 Å². The van der Waals surface area contributed by atoms with Crippen LogP contribution in [-0.4, -0.2) is 29.0 Å². The summed E-state index contributed by atoms with van der Waals surface area (Å²) in [4.78, 5) is 31.5. The summed E-state index contributed by atoms with van der Waals surface area (Å²) in [6, 6.07) is 12.9. The fourth-order valence-electron chi connectivity index (χ4n) is 2.43. The van der Waals surface area contributed by atoms with E-state index in [0.29, 0.717) is 23.7 Å². The van der Waals surface area contributed by atoms with Gasteiger partial charge < -0.3 is 20.7 Å². The highest BCUT2D eigenvalue weighted by Crippen LogP contribution is 2.22. The minimum absolute atomic E-state index is 0.185. The number of aromatic nitrogens is 2. The Balaban J connectivity index is 1.54. The van der Waals surface area contributed by atoms with Crippen molar-refractivity contribution >= 4 is 40.8 Å². The summed E-state index contributed by atoms with van der Waals surface area (Å²) in [5, 5.41) is 8.25. The highest BCUT2D eigenvalue weighted by atomic mass is 35.5. The molecule has 0 unspecified atom stereocenters. The summed E-state index contributed by atoms with van der Waals surface area (Å²) >= 11 is 11.6. The molecule has 0 saturated carbocycles. The van der Waals surface area contributed by atoms with Crippen LogP contribution in [-0.2, 0) is 6.54 Å². The Bertz CT molecular complexity index is 1040. The first kappa shape index (κ1) is 21.4. The third-order valence-electron chi connectivity index (χ3n) is 3.82. The first-order valence-corrected chi connectivity index (χ1v) is 9.51. The molecule has 0 bridgehead atoms. The van der Waals surface area contributed by atoms with Crippen LogP contribution >= 0.6 is 23.2 Å². The molecule has 3 aromatic rings. The van der Waals surface area contributed by atoms with Gasteiger partial charge in [0, 0.05) is 31.5 Å². The second kappa shape index (κ2) is 9.91. The Hall–Kier alpha value is -3.36. The SMILES string of the molecule is CNC(=O)c1cc(Oc2ccc(CNC(=O)Nc3cc(Cl)nc(Cl)c3)cc2)ccn1. The number of anilines is 1. The van der Waals surface area contributed by atoms with Gasteiger partial charge in [-0.05, 0) is 35.9 Å². The number of carbonyl (C=O) groups is 2. The fraction of sp³-hybridized carbons (Fsp3) is 0.100. The molecule has 2 aromatic heterocycles. The van der Waals surface area contributed by atoms with E-state index in [1.807, 2.05) is 12.1 Å². The molecule has 0 aliphatic rings. The fourth-order valence-corrected chi connectivity index (χ4v) is 2.89. The molecule has 3 amide bonds. The Morgan fingerprint density at radius 3 is 2.37 bits per heavy atom. The minimum atomic E-state index is -0.410. The second-order valence-electron chi connectivity index (χ2n) is 6.01. The lowest BCUT2D eigenvalue weighted by Crippen LogP contribution is -2.28. The van der Waals surface area contributed by atoms with Crippen LogP contribution in [0.3, 0.4) is 0 Å². The summed E-state index contributed by atoms with van der Waals surface area (Å²) in [7, 11) is 1.53. The van der Waals surface area contributed by atoms with Crippen molar-refractivity contribution in [3.05, 3.63) is 76.3 Å². The van der Waals surface area contributed by atoms with E-state index in [9.17, 15) is 9.59 Å². The van der Waals surface area contributed by atoms with Gasteiger partial charge in [0.15, 0.2) is 0 Å². The summed E-state index contributed by atoms with van der Waals surface area (Å²) in [6.45, 7) is 0.300. The number of benzene rings is 1. The monoisotopic (exact) mass is 445 g/mol. The molecule has 0 atom stereocenters. The molecule has 0 aliphatic carbocycles. The maximum atomic E-state index is 12.0. The third-order valence-corrected chi connectivity index (χ3v) is 4.21. The van der Waals surface area contributed by atoms with Crippen LogP contribution in [0.1, 0.15) is 16.1 Å². The molecule has 0 spiro atoms. The van der Waals surface area contributed by atoms with Crippen LogP contribution in [0.5, 0.6) is 11.5 Å². The van der Waals surface area contributed by atoms with Crippen LogP contribution in [0.4, 0.5) is 10.5 Å². The van der Waals surface area contributed by atoms with Crippen LogP contribution in [0.15, 0.2) is 54.7 Å². The van der Waals surface area contributed by atoms with E-state index in [1.54, 1.807) is 24.3 Å². The Morgan fingerprint density at radius 2 is 1.70 bits per heavy atom. The standard InChI is InChI=1S/C20H17Cl2N5O3/c1-23-19(28)16-10-15(6-7-24-16)30-14-4-2-12(3-5-14)11-25-20(29)26-13-8-17(21)27-18(22)9-13/h2-10H,11H2,1H3,(H,23,28)(H2,25,26,27,29). The topological polar surface area (TPSA) is 105 Å². The number of nitrogens with one attached hydrogen (secondary N) is 3. The number of amides is 3. The van der Waals surface area contributed by atoms with Crippen molar-refractivity contribution in [3.63, 3.8) is 0 Å². The van der Waals surface area contributed by atoms with E-state index in [2.05, 4.69) is 25.9 Å². The molecule has 8 nitrogen and oxygen atoms in total. The van der Waals surface area contributed by atoms with E-state index < -0.39 is 6.03 Å². The molecule has 0 fully saturated rings. The van der Waals surface area contributed by atoms with Gasteiger partial charge >= 0.3 is 6.03 Å². The van der Waals surface area contributed by atoms with Crippen molar-refractivity contribution < 1.29 is 14.3 Å². The first-order valence-electron chi connectivity index (χ1n) is 8.76. The number of halogens is 2. The van der Waals surface area contributed by atoms with Gasteiger partial charge in [-0.15, -0.1) is 0 Å². The lowest BCUT2D eigenvalue weighted by molar-refractivity contribution is 0.0958. The van der Waals surface area contributed by atoms with Crippen LogP contribution in [0.2, 0.25) is 10.3 Å². The maximum Gasteiger partial charge on any atom is 0.319 e. The summed E-state index contributed by atoms with van der Waals surface area (Å²) in [5.74, 6) is 0.776. The van der Waals surface area contributed by atoms with Gasteiger partial charge in [-0.1, -0.05) is 35.3 Å². The van der Waals surface area contributed by atoms with Gasteiger partial charge in [0.1, 0.15) is 27.5 Å². The van der Waals surface area contributed by atoms with Crippen LogP contribution < -0.4 is 20.7 Å². The Labute approximate surface area is 182 Å². The molecule has 0 aliphatic heterocycles. The third kappa shape index (κ3) is 6.07. The number of urea groups is 1. The highest BCUT2D eigenvalue weighted by Gasteiger charge is 2.08. The first-order chi connectivity index (χ1) is 14.4. The number of pyridine rings is 2. The molecular weight excluding hydrogens is 429 g/mol. The average molecular weight is 446 g/mol. The lowest BCUT2D eigenvalue weighted by atomic mass is 10.2. The summed E-state index contributed by atoms with van der Waals surface area (Å²) in [5.41, 5.74) is 1.57. The van der Waals surface area contributed by atoms with Crippen molar-refractivity contribution in [2.75, 3.05) is 12.4 Å². The molecular formula is C20H17Cl2N5O3. The maximum absolute atomic E-state index is 12.0. The second-order valence-corrected chi connectivity index (χ2v) is 6.79. The largest absolute Gasteiger partial charge is 0.457 e. The molecule has 3 N–H and O–H groups in total. The van der Waals surface area contributed by atoms with Crippen molar-refractivity contribution in [2.45, 2.75) is 6.54 Å². The molecule has 3 rings (SSSR count). The number of rotatable bonds is 6. The Morgan fingerprint density at radius 1 is 1.00 bits per heavy atom. The van der Waals surface area contributed by atoms with E-state index in [4.69, 9.17) is 27.9 Å².